The maximum Gasteiger partial charge on any atom is 0.340 e. The fraction of sp³-hybridized carbons (Fsp3) is 0.167. The lowest BCUT2D eigenvalue weighted by Gasteiger charge is -2.16. The Kier molecular flexibility index (Phi) is 4.45. The normalized spacial score (nSPS) is 11.8. The van der Waals surface area contributed by atoms with Crippen LogP contribution in [0, 0.1) is 0 Å². The van der Waals surface area contributed by atoms with E-state index in [4.69, 9.17) is 5.11 Å². The molecule has 0 atom stereocenters. The SMILES string of the molecule is CN(Cc1cccc(Br)c1)S(=O)(=O)c1[nH]ncc1C(=O)O. The molecule has 0 bridgehead atoms. The van der Waals surface area contributed by atoms with E-state index in [1.54, 1.807) is 18.2 Å². The van der Waals surface area contributed by atoms with Gasteiger partial charge in [0.25, 0.3) is 10.0 Å². The summed E-state index contributed by atoms with van der Waals surface area (Å²) < 4.78 is 26.7. The van der Waals surface area contributed by atoms with Crippen LogP contribution in [0.15, 0.2) is 40.0 Å². The number of rotatable bonds is 5. The average molecular weight is 374 g/mol. The van der Waals surface area contributed by atoms with Crippen LogP contribution in [0.1, 0.15) is 15.9 Å². The molecule has 0 aliphatic heterocycles. The Morgan fingerprint density at radius 3 is 2.81 bits per heavy atom. The first-order valence-electron chi connectivity index (χ1n) is 5.80. The van der Waals surface area contributed by atoms with Gasteiger partial charge in [0.2, 0.25) is 0 Å². The number of carboxylic acids is 1. The molecular formula is C12H12BrN3O4S. The molecule has 0 spiro atoms. The molecule has 9 heteroatoms. The fourth-order valence-corrected chi connectivity index (χ4v) is 3.42. The predicted molar refractivity (Wildman–Crippen MR) is 78.3 cm³/mol. The zero-order valence-electron chi connectivity index (χ0n) is 10.9. The molecule has 21 heavy (non-hydrogen) atoms. The molecule has 0 saturated carbocycles. The van der Waals surface area contributed by atoms with Crippen LogP contribution in [0.25, 0.3) is 0 Å². The molecule has 2 rings (SSSR count). The van der Waals surface area contributed by atoms with Crippen molar-refractivity contribution in [3.8, 4) is 0 Å². The molecule has 1 aromatic carbocycles. The molecule has 0 aliphatic rings. The Balaban J connectivity index is 2.31. The van der Waals surface area contributed by atoms with Gasteiger partial charge in [-0.05, 0) is 17.7 Å². The maximum atomic E-state index is 12.4. The zero-order valence-corrected chi connectivity index (χ0v) is 13.3. The molecule has 1 aromatic heterocycles. The Bertz CT molecular complexity index is 772. The van der Waals surface area contributed by atoms with Crippen molar-refractivity contribution in [1.29, 1.82) is 0 Å². The van der Waals surface area contributed by atoms with Crippen LogP contribution in [-0.2, 0) is 16.6 Å². The average Bonchev–Trinajstić information content (AvgIpc) is 2.88. The van der Waals surface area contributed by atoms with Crippen LogP contribution in [0.4, 0.5) is 0 Å². The van der Waals surface area contributed by atoms with E-state index in [2.05, 4.69) is 26.1 Å². The van der Waals surface area contributed by atoms with E-state index >= 15 is 0 Å². The van der Waals surface area contributed by atoms with E-state index in [0.717, 1.165) is 20.5 Å². The van der Waals surface area contributed by atoms with E-state index in [-0.39, 0.29) is 12.1 Å². The zero-order chi connectivity index (χ0) is 15.6. The Hall–Kier alpha value is -1.71. The van der Waals surface area contributed by atoms with Crippen molar-refractivity contribution < 1.29 is 18.3 Å². The number of nitrogens with zero attached hydrogens (tertiary/aromatic N) is 2. The molecule has 0 saturated heterocycles. The summed E-state index contributed by atoms with van der Waals surface area (Å²) in [5, 5.41) is 14.3. The van der Waals surface area contributed by atoms with Crippen molar-refractivity contribution in [3.05, 3.63) is 46.1 Å². The Labute approximate surface area is 129 Å². The number of aromatic nitrogens is 2. The predicted octanol–water partition coefficient (Wildman–Crippen LogP) is 1.69. The molecule has 0 fully saturated rings. The molecule has 1 heterocycles. The summed E-state index contributed by atoms with van der Waals surface area (Å²) in [6, 6.07) is 7.19. The summed E-state index contributed by atoms with van der Waals surface area (Å²) in [6.07, 6.45) is 0.974. The van der Waals surface area contributed by atoms with Gasteiger partial charge in [-0.1, -0.05) is 28.1 Å². The number of hydrogen-bond donors (Lipinski definition) is 2. The summed E-state index contributed by atoms with van der Waals surface area (Å²) in [5.74, 6) is -1.35. The molecule has 7 nitrogen and oxygen atoms in total. The third-order valence-corrected chi connectivity index (χ3v) is 5.07. The first kappa shape index (κ1) is 15.7. The highest BCUT2D eigenvalue weighted by Gasteiger charge is 2.28. The van der Waals surface area contributed by atoms with Gasteiger partial charge in [0.05, 0.1) is 6.20 Å². The van der Waals surface area contributed by atoms with Crippen molar-refractivity contribution >= 4 is 31.9 Å². The van der Waals surface area contributed by atoms with Crippen LogP contribution in [0.3, 0.4) is 0 Å². The molecule has 0 amide bonds. The molecule has 0 radical (unpaired) electrons. The number of aromatic carboxylic acids is 1. The summed E-state index contributed by atoms with van der Waals surface area (Å²) in [6.45, 7) is 0.111. The number of halogens is 1. The highest BCUT2D eigenvalue weighted by atomic mass is 79.9. The lowest BCUT2D eigenvalue weighted by atomic mass is 10.2. The van der Waals surface area contributed by atoms with Gasteiger partial charge in [-0.15, -0.1) is 0 Å². The highest BCUT2D eigenvalue weighted by Crippen LogP contribution is 2.19. The fourth-order valence-electron chi connectivity index (χ4n) is 1.76. The van der Waals surface area contributed by atoms with Crippen LogP contribution in [0.5, 0.6) is 0 Å². The number of aromatic amines is 1. The first-order chi connectivity index (χ1) is 9.82. The molecular weight excluding hydrogens is 362 g/mol. The van der Waals surface area contributed by atoms with Crippen molar-refractivity contribution in [1.82, 2.24) is 14.5 Å². The summed E-state index contributed by atoms with van der Waals surface area (Å²) in [4.78, 5) is 11.0. The minimum Gasteiger partial charge on any atom is -0.478 e. The smallest absolute Gasteiger partial charge is 0.340 e. The van der Waals surface area contributed by atoms with Gasteiger partial charge in [-0.3, -0.25) is 5.10 Å². The molecule has 2 aromatic rings. The number of hydrogen-bond acceptors (Lipinski definition) is 4. The minimum absolute atomic E-state index is 0.111. The number of sulfonamides is 1. The molecule has 0 unspecified atom stereocenters. The molecule has 0 aliphatic carbocycles. The maximum absolute atomic E-state index is 12.4. The van der Waals surface area contributed by atoms with Crippen LogP contribution < -0.4 is 0 Å². The Morgan fingerprint density at radius 2 is 2.19 bits per heavy atom. The lowest BCUT2D eigenvalue weighted by Crippen LogP contribution is -2.28. The summed E-state index contributed by atoms with van der Waals surface area (Å²) in [7, 11) is -2.59. The molecule has 2 N–H and O–H groups in total. The first-order valence-corrected chi connectivity index (χ1v) is 8.03. The van der Waals surface area contributed by atoms with E-state index < -0.39 is 21.0 Å². The quantitative estimate of drug-likeness (QED) is 0.829. The van der Waals surface area contributed by atoms with Crippen molar-refractivity contribution in [2.24, 2.45) is 0 Å². The highest BCUT2D eigenvalue weighted by molar-refractivity contribution is 9.10. The van der Waals surface area contributed by atoms with E-state index in [1.807, 2.05) is 6.07 Å². The van der Waals surface area contributed by atoms with E-state index in [9.17, 15) is 13.2 Å². The summed E-state index contributed by atoms with van der Waals surface area (Å²) in [5.41, 5.74) is 0.392. The number of benzene rings is 1. The van der Waals surface area contributed by atoms with Gasteiger partial charge >= 0.3 is 5.97 Å². The second-order valence-electron chi connectivity index (χ2n) is 4.31. The number of nitrogens with one attached hydrogen (secondary N) is 1. The second-order valence-corrected chi connectivity index (χ2v) is 7.21. The topological polar surface area (TPSA) is 103 Å². The van der Waals surface area contributed by atoms with Crippen molar-refractivity contribution in [3.63, 3.8) is 0 Å². The third kappa shape index (κ3) is 3.31. The Morgan fingerprint density at radius 1 is 1.48 bits per heavy atom. The number of H-pyrrole nitrogens is 1. The van der Waals surface area contributed by atoms with Gasteiger partial charge in [0, 0.05) is 18.1 Å². The van der Waals surface area contributed by atoms with Gasteiger partial charge < -0.3 is 5.11 Å². The van der Waals surface area contributed by atoms with E-state index in [0.29, 0.717) is 0 Å². The standard InChI is InChI=1S/C12H12BrN3O4S/c1-16(7-8-3-2-4-9(13)5-8)21(19,20)11-10(12(17)18)6-14-15-11/h2-6H,7H2,1H3,(H,14,15)(H,17,18). The summed E-state index contributed by atoms with van der Waals surface area (Å²) >= 11 is 3.31. The van der Waals surface area contributed by atoms with Crippen LogP contribution in [0.2, 0.25) is 0 Å². The number of carboxylic acid groups (broad SMARTS) is 1. The van der Waals surface area contributed by atoms with Crippen LogP contribution in [-0.4, -0.2) is 41.0 Å². The number of carbonyl (C=O) groups is 1. The van der Waals surface area contributed by atoms with Gasteiger partial charge in [-0.2, -0.15) is 9.40 Å². The van der Waals surface area contributed by atoms with Crippen molar-refractivity contribution in [2.45, 2.75) is 11.6 Å². The lowest BCUT2D eigenvalue weighted by molar-refractivity contribution is 0.0692. The van der Waals surface area contributed by atoms with Gasteiger partial charge in [0.15, 0.2) is 5.03 Å². The largest absolute Gasteiger partial charge is 0.478 e. The van der Waals surface area contributed by atoms with Crippen molar-refractivity contribution in [2.75, 3.05) is 7.05 Å². The van der Waals surface area contributed by atoms with Crippen LogP contribution >= 0.6 is 15.9 Å². The van der Waals surface area contributed by atoms with E-state index in [1.165, 1.54) is 7.05 Å². The van der Waals surface area contributed by atoms with Gasteiger partial charge in [-0.25, -0.2) is 13.2 Å². The second kappa shape index (κ2) is 5.96. The molecule has 112 valence electrons. The monoisotopic (exact) mass is 373 g/mol. The van der Waals surface area contributed by atoms with Gasteiger partial charge in [0.1, 0.15) is 5.56 Å². The minimum atomic E-state index is -3.96. The third-order valence-electron chi connectivity index (χ3n) is 2.80.